The molecule has 0 aliphatic rings. The van der Waals surface area contributed by atoms with Crippen molar-refractivity contribution in [2.24, 2.45) is 0 Å². The smallest absolute Gasteiger partial charge is 0.323 e. The number of rotatable bonds is 5. The van der Waals surface area contributed by atoms with E-state index in [0.29, 0.717) is 17.8 Å². The van der Waals surface area contributed by atoms with Crippen LogP contribution in [0.1, 0.15) is 47.1 Å². The van der Waals surface area contributed by atoms with Crippen LogP contribution in [0.2, 0.25) is 0 Å². The second kappa shape index (κ2) is 6.61. The Bertz CT molecular complexity index is 747. The molecule has 1 unspecified atom stereocenters. The fraction of sp³-hybridized carbons (Fsp3) is 0.611. The van der Waals surface area contributed by atoms with Crippen molar-refractivity contribution < 1.29 is 9.84 Å². The predicted octanol–water partition coefficient (Wildman–Crippen LogP) is 2.28. The van der Waals surface area contributed by atoms with Crippen LogP contribution in [0.3, 0.4) is 0 Å². The Morgan fingerprint density at radius 2 is 1.75 bits per heavy atom. The Morgan fingerprint density at radius 1 is 1.12 bits per heavy atom. The summed E-state index contributed by atoms with van der Waals surface area (Å²) in [5, 5.41) is 13.3. The lowest BCUT2D eigenvalue weighted by atomic mass is 9.86. The van der Waals surface area contributed by atoms with E-state index in [1.165, 1.54) is 0 Å². The second-order valence-electron chi connectivity index (χ2n) is 8.29. The van der Waals surface area contributed by atoms with Crippen LogP contribution in [0, 0.1) is 0 Å². The molecule has 1 heterocycles. The van der Waals surface area contributed by atoms with E-state index < -0.39 is 6.10 Å². The van der Waals surface area contributed by atoms with Gasteiger partial charge in [-0.05, 0) is 37.8 Å². The Morgan fingerprint density at radius 3 is 2.33 bits per heavy atom. The third-order valence-corrected chi connectivity index (χ3v) is 3.75. The number of benzene rings is 1. The van der Waals surface area contributed by atoms with Crippen molar-refractivity contribution in [3.63, 3.8) is 0 Å². The van der Waals surface area contributed by atoms with Gasteiger partial charge in [-0.3, -0.25) is 0 Å². The van der Waals surface area contributed by atoms with Crippen LogP contribution in [-0.4, -0.2) is 39.9 Å². The number of β-amino-alcohol motifs (C(OH)–C–C–N with tert-alkyl or cyclic N) is 1. The molecule has 0 fully saturated rings. The van der Waals surface area contributed by atoms with Gasteiger partial charge in [0.2, 0.25) is 0 Å². The first-order chi connectivity index (χ1) is 11.0. The third kappa shape index (κ3) is 4.61. The highest BCUT2D eigenvalue weighted by atomic mass is 16.5. The average Bonchev–Trinajstić information content (AvgIpc) is 2.81. The molecule has 0 saturated carbocycles. The molecule has 0 bridgehead atoms. The van der Waals surface area contributed by atoms with Gasteiger partial charge in [-0.15, -0.1) is 0 Å². The van der Waals surface area contributed by atoms with Crippen LogP contribution >= 0.6 is 0 Å². The minimum atomic E-state index is -0.632. The lowest BCUT2D eigenvalue weighted by Gasteiger charge is -2.23. The van der Waals surface area contributed by atoms with Gasteiger partial charge in [-0.25, -0.2) is 4.79 Å². The molecule has 1 aromatic carbocycles. The zero-order valence-electron chi connectivity index (χ0n) is 15.4. The van der Waals surface area contributed by atoms with Crippen molar-refractivity contribution in [2.45, 2.75) is 58.6 Å². The van der Waals surface area contributed by atoms with Crippen LogP contribution in [0.4, 0.5) is 0 Å². The van der Waals surface area contributed by atoms with E-state index in [0.717, 1.165) is 11.1 Å². The number of fused-ring (bicyclic) bond motifs is 1. The first kappa shape index (κ1) is 18.5. The number of hydrogen-bond donors (Lipinski definition) is 4. The molecule has 1 atom stereocenters. The SMILES string of the molecule is CC(C)(C)NCC(O)COc1ccc(C(C)(C)C)c2[nH]c(=O)[nH]c12. The molecular weight excluding hydrogens is 306 g/mol. The molecule has 1 aromatic heterocycles. The van der Waals surface area contributed by atoms with Gasteiger partial charge in [0.05, 0.1) is 5.52 Å². The maximum atomic E-state index is 11.7. The van der Waals surface area contributed by atoms with Gasteiger partial charge in [0, 0.05) is 12.1 Å². The topological polar surface area (TPSA) is 90.1 Å². The Labute approximate surface area is 142 Å². The van der Waals surface area contributed by atoms with Crippen LogP contribution in [0.5, 0.6) is 5.75 Å². The van der Waals surface area contributed by atoms with Crippen LogP contribution in [0.25, 0.3) is 11.0 Å². The minimum Gasteiger partial charge on any atom is -0.489 e. The first-order valence-electron chi connectivity index (χ1n) is 8.29. The molecule has 0 spiro atoms. The number of nitrogens with one attached hydrogen (secondary N) is 3. The number of aliphatic hydroxyl groups is 1. The molecule has 0 aliphatic heterocycles. The zero-order chi connectivity index (χ0) is 18.1. The number of H-pyrrole nitrogens is 2. The van der Waals surface area contributed by atoms with Crippen molar-refractivity contribution in [3.8, 4) is 5.75 Å². The summed E-state index contributed by atoms with van der Waals surface area (Å²) < 4.78 is 5.75. The molecule has 0 aliphatic carbocycles. The van der Waals surface area contributed by atoms with E-state index in [2.05, 4.69) is 36.1 Å². The van der Waals surface area contributed by atoms with Crippen LogP contribution in [0.15, 0.2) is 16.9 Å². The number of aliphatic hydroxyl groups excluding tert-OH is 1. The maximum absolute atomic E-state index is 11.7. The van der Waals surface area contributed by atoms with Crippen LogP contribution < -0.4 is 15.7 Å². The van der Waals surface area contributed by atoms with Gasteiger partial charge in [-0.1, -0.05) is 26.8 Å². The van der Waals surface area contributed by atoms with E-state index in [9.17, 15) is 9.90 Å². The van der Waals surface area contributed by atoms with Crippen molar-refractivity contribution in [2.75, 3.05) is 13.2 Å². The third-order valence-electron chi connectivity index (χ3n) is 3.75. The van der Waals surface area contributed by atoms with Crippen LogP contribution in [-0.2, 0) is 5.41 Å². The van der Waals surface area contributed by atoms with Crippen molar-refractivity contribution in [1.29, 1.82) is 0 Å². The summed E-state index contributed by atoms with van der Waals surface area (Å²) in [6.45, 7) is 13.0. The van der Waals surface area contributed by atoms with E-state index >= 15 is 0 Å². The number of hydrogen-bond acceptors (Lipinski definition) is 4. The summed E-state index contributed by atoms with van der Waals surface area (Å²) in [4.78, 5) is 17.4. The Balaban J connectivity index is 2.17. The van der Waals surface area contributed by atoms with Gasteiger partial charge in [0.25, 0.3) is 0 Å². The molecule has 2 rings (SSSR count). The molecular formula is C18H29N3O3. The highest BCUT2D eigenvalue weighted by molar-refractivity contribution is 5.85. The maximum Gasteiger partial charge on any atom is 0.323 e. The van der Waals surface area contributed by atoms with E-state index in [-0.39, 0.29) is 23.3 Å². The van der Waals surface area contributed by atoms with Gasteiger partial charge in [0.1, 0.15) is 24.0 Å². The number of aromatic nitrogens is 2. The molecule has 6 heteroatoms. The van der Waals surface area contributed by atoms with Crippen molar-refractivity contribution in [3.05, 3.63) is 28.2 Å². The molecule has 2 aromatic rings. The van der Waals surface area contributed by atoms with Gasteiger partial charge >= 0.3 is 5.69 Å². The molecule has 6 nitrogen and oxygen atoms in total. The number of aromatic amines is 2. The lowest BCUT2D eigenvalue weighted by molar-refractivity contribution is 0.101. The minimum absolute atomic E-state index is 0.0610. The molecule has 24 heavy (non-hydrogen) atoms. The summed E-state index contributed by atoms with van der Waals surface area (Å²) in [6, 6.07) is 3.80. The molecule has 0 amide bonds. The van der Waals surface area contributed by atoms with E-state index in [1.54, 1.807) is 0 Å². The lowest BCUT2D eigenvalue weighted by Crippen LogP contribution is -2.42. The Hall–Kier alpha value is -1.79. The highest BCUT2D eigenvalue weighted by Gasteiger charge is 2.21. The van der Waals surface area contributed by atoms with Crippen molar-refractivity contribution in [1.82, 2.24) is 15.3 Å². The van der Waals surface area contributed by atoms with E-state index in [1.807, 2.05) is 32.9 Å². The fourth-order valence-electron chi connectivity index (χ4n) is 2.51. The molecule has 0 saturated heterocycles. The standard InChI is InChI=1S/C18H29N3O3/c1-17(2,3)12-7-8-13(15-14(12)20-16(23)21-15)24-10-11(22)9-19-18(4,5)6/h7-8,11,19,22H,9-10H2,1-6H3,(H2,20,21,23). The summed E-state index contributed by atoms with van der Waals surface area (Å²) in [7, 11) is 0. The second-order valence-corrected chi connectivity index (χ2v) is 8.29. The summed E-state index contributed by atoms with van der Waals surface area (Å²) in [5.74, 6) is 0.561. The van der Waals surface area contributed by atoms with Gasteiger partial charge < -0.3 is 25.1 Å². The quantitative estimate of drug-likeness (QED) is 0.675. The van der Waals surface area contributed by atoms with E-state index in [4.69, 9.17) is 4.74 Å². The van der Waals surface area contributed by atoms with Gasteiger partial charge in [-0.2, -0.15) is 0 Å². The largest absolute Gasteiger partial charge is 0.489 e. The van der Waals surface area contributed by atoms with Gasteiger partial charge in [0.15, 0.2) is 0 Å². The predicted molar refractivity (Wildman–Crippen MR) is 96.9 cm³/mol. The zero-order valence-corrected chi connectivity index (χ0v) is 15.4. The number of ether oxygens (including phenoxy) is 1. The van der Waals surface area contributed by atoms with Crippen molar-refractivity contribution >= 4 is 11.0 Å². The number of imidazole rings is 1. The normalized spacial score (nSPS) is 14.1. The monoisotopic (exact) mass is 335 g/mol. The molecule has 0 radical (unpaired) electrons. The molecule has 134 valence electrons. The average molecular weight is 335 g/mol. The molecule has 4 N–H and O–H groups in total. The first-order valence-corrected chi connectivity index (χ1v) is 8.29. The fourth-order valence-corrected chi connectivity index (χ4v) is 2.51. The summed E-state index contributed by atoms with van der Waals surface area (Å²) in [6.07, 6.45) is -0.632. The summed E-state index contributed by atoms with van der Waals surface area (Å²) >= 11 is 0. The highest BCUT2D eigenvalue weighted by Crippen LogP contribution is 2.32. The summed E-state index contributed by atoms with van der Waals surface area (Å²) in [5.41, 5.74) is 2.02. The Kier molecular flexibility index (Phi) is 5.11.